The molecule has 2 aromatic carbocycles. The Balaban J connectivity index is 1.18. The number of aromatic nitrogens is 1. The van der Waals surface area contributed by atoms with Crippen molar-refractivity contribution in [2.75, 3.05) is 36.4 Å². The number of fused-ring (bicyclic) bond motifs is 1. The Morgan fingerprint density at radius 2 is 1.66 bits per heavy atom. The largest absolute Gasteiger partial charge is 0.423 e. The molecule has 0 bridgehead atoms. The number of piperidine rings is 1. The van der Waals surface area contributed by atoms with Gasteiger partial charge in [-0.15, -0.1) is 0 Å². The number of hydrogen-bond donors (Lipinski definition) is 1. The number of anilines is 2. The fourth-order valence-corrected chi connectivity index (χ4v) is 5.88. The summed E-state index contributed by atoms with van der Waals surface area (Å²) in [5.41, 5.74) is 2.20. The van der Waals surface area contributed by atoms with Gasteiger partial charge in [0, 0.05) is 37.8 Å². The van der Waals surface area contributed by atoms with Gasteiger partial charge in [-0.05, 0) is 62.1 Å². The summed E-state index contributed by atoms with van der Waals surface area (Å²) in [5, 5.41) is 2.93. The molecule has 0 atom stereocenters. The van der Waals surface area contributed by atoms with Crippen LogP contribution in [0.4, 0.5) is 11.7 Å². The van der Waals surface area contributed by atoms with Crippen LogP contribution in [0.15, 0.2) is 57.8 Å². The Hall–Kier alpha value is -2.91. The molecule has 0 saturated carbocycles. The third-order valence-corrected chi connectivity index (χ3v) is 8.16. The number of benzene rings is 2. The van der Waals surface area contributed by atoms with Crippen molar-refractivity contribution in [1.29, 1.82) is 0 Å². The minimum Gasteiger partial charge on any atom is -0.423 e. The van der Waals surface area contributed by atoms with E-state index in [9.17, 15) is 13.2 Å². The topological polar surface area (TPSA) is 95.8 Å². The lowest BCUT2D eigenvalue weighted by Crippen LogP contribution is -2.38. The highest BCUT2D eigenvalue weighted by molar-refractivity contribution is 7.89. The van der Waals surface area contributed by atoms with Gasteiger partial charge in [0.2, 0.25) is 15.9 Å². The first-order chi connectivity index (χ1) is 15.5. The van der Waals surface area contributed by atoms with Gasteiger partial charge in [0.05, 0.1) is 4.90 Å². The number of nitrogens with one attached hydrogen (secondary N) is 1. The third-order valence-electron chi connectivity index (χ3n) is 6.24. The first kappa shape index (κ1) is 21.0. The lowest BCUT2D eigenvalue weighted by molar-refractivity contribution is -0.120. The molecule has 3 aromatic rings. The molecule has 1 aromatic heterocycles. The molecule has 0 aliphatic carbocycles. The monoisotopic (exact) mass is 454 g/mol. The summed E-state index contributed by atoms with van der Waals surface area (Å²) < 4.78 is 32.6. The van der Waals surface area contributed by atoms with Crippen LogP contribution in [0.3, 0.4) is 0 Å². The van der Waals surface area contributed by atoms with Gasteiger partial charge in [0.25, 0.3) is 6.01 Å². The lowest BCUT2D eigenvalue weighted by Gasteiger charge is -2.30. The maximum Gasteiger partial charge on any atom is 0.298 e. The van der Waals surface area contributed by atoms with Crippen molar-refractivity contribution in [3.8, 4) is 0 Å². The summed E-state index contributed by atoms with van der Waals surface area (Å²) in [7, 11) is -3.45. The molecule has 8 nitrogen and oxygen atoms in total. The van der Waals surface area contributed by atoms with E-state index in [0.29, 0.717) is 50.7 Å². The van der Waals surface area contributed by atoms with Crippen molar-refractivity contribution in [2.45, 2.75) is 30.6 Å². The van der Waals surface area contributed by atoms with Crippen molar-refractivity contribution >= 4 is 38.7 Å². The Labute approximate surface area is 187 Å². The van der Waals surface area contributed by atoms with Gasteiger partial charge in [-0.3, -0.25) is 4.79 Å². The number of nitrogens with zero attached hydrogens (tertiary/aromatic N) is 3. The van der Waals surface area contributed by atoms with Crippen molar-refractivity contribution in [3.63, 3.8) is 0 Å². The SMILES string of the molecule is O=C(Nc1ccc(S(=O)(=O)N2CCCC2)cc1)C1CCN(c2nc3ccccc3o2)CC1. The van der Waals surface area contributed by atoms with Crippen LogP contribution in [-0.2, 0) is 14.8 Å². The fourth-order valence-electron chi connectivity index (χ4n) is 4.36. The number of sulfonamides is 1. The second kappa shape index (κ2) is 8.55. The highest BCUT2D eigenvalue weighted by Gasteiger charge is 2.29. The van der Waals surface area contributed by atoms with E-state index in [1.54, 1.807) is 24.3 Å². The van der Waals surface area contributed by atoms with E-state index in [-0.39, 0.29) is 16.7 Å². The molecule has 2 fully saturated rings. The average Bonchev–Trinajstić information content (AvgIpc) is 3.50. The van der Waals surface area contributed by atoms with Gasteiger partial charge < -0.3 is 14.6 Å². The number of rotatable bonds is 5. The first-order valence-corrected chi connectivity index (χ1v) is 12.5. The number of oxazole rings is 1. The first-order valence-electron chi connectivity index (χ1n) is 11.0. The second-order valence-electron chi connectivity index (χ2n) is 8.35. The number of hydrogen-bond acceptors (Lipinski definition) is 6. The molecular weight excluding hydrogens is 428 g/mol. The molecule has 9 heteroatoms. The highest BCUT2D eigenvalue weighted by Crippen LogP contribution is 2.27. The van der Waals surface area contributed by atoms with Crippen LogP contribution in [0.2, 0.25) is 0 Å². The van der Waals surface area contributed by atoms with E-state index in [1.165, 1.54) is 4.31 Å². The van der Waals surface area contributed by atoms with Gasteiger partial charge in [-0.1, -0.05) is 12.1 Å². The standard InChI is InChI=1S/C23H26N4O4S/c28-22(24-18-7-9-19(10-8-18)32(29,30)27-13-3-4-14-27)17-11-15-26(16-12-17)23-25-20-5-1-2-6-21(20)31-23/h1-2,5-10,17H,3-4,11-16H2,(H,24,28). The minimum absolute atomic E-state index is 0.0441. The molecule has 0 spiro atoms. The Kier molecular flexibility index (Phi) is 5.60. The molecule has 1 amide bonds. The van der Waals surface area contributed by atoms with Crippen LogP contribution in [0.5, 0.6) is 0 Å². The normalized spacial score (nSPS) is 18.3. The van der Waals surface area contributed by atoms with E-state index >= 15 is 0 Å². The van der Waals surface area contributed by atoms with Crippen LogP contribution in [-0.4, -0.2) is 49.8 Å². The van der Waals surface area contributed by atoms with Crippen LogP contribution in [0, 0.1) is 5.92 Å². The minimum atomic E-state index is -3.45. The Bertz CT molecular complexity index is 1180. The predicted octanol–water partition coefficient (Wildman–Crippen LogP) is 3.47. The summed E-state index contributed by atoms with van der Waals surface area (Å²) >= 11 is 0. The van der Waals surface area contributed by atoms with Gasteiger partial charge in [-0.25, -0.2) is 8.42 Å². The molecule has 2 aliphatic rings. The van der Waals surface area contributed by atoms with E-state index < -0.39 is 10.0 Å². The van der Waals surface area contributed by atoms with Crippen LogP contribution < -0.4 is 10.2 Å². The molecule has 32 heavy (non-hydrogen) atoms. The Morgan fingerprint density at radius 3 is 2.34 bits per heavy atom. The van der Waals surface area contributed by atoms with Gasteiger partial charge >= 0.3 is 0 Å². The maximum absolute atomic E-state index is 12.7. The van der Waals surface area contributed by atoms with Crippen molar-refractivity contribution < 1.29 is 17.6 Å². The van der Waals surface area contributed by atoms with Gasteiger partial charge in [-0.2, -0.15) is 9.29 Å². The molecule has 5 rings (SSSR count). The molecule has 2 saturated heterocycles. The van der Waals surface area contributed by atoms with Gasteiger partial charge in [0.1, 0.15) is 5.52 Å². The highest BCUT2D eigenvalue weighted by atomic mass is 32.2. The number of carbonyl (C=O) groups excluding carboxylic acids is 1. The third kappa shape index (κ3) is 4.10. The van der Waals surface area contributed by atoms with Crippen molar-refractivity contribution in [2.24, 2.45) is 5.92 Å². The Morgan fingerprint density at radius 1 is 0.969 bits per heavy atom. The van der Waals surface area contributed by atoms with Gasteiger partial charge in [0.15, 0.2) is 5.58 Å². The molecule has 3 heterocycles. The zero-order chi connectivity index (χ0) is 22.1. The number of para-hydroxylation sites is 2. The summed E-state index contributed by atoms with van der Waals surface area (Å²) in [4.78, 5) is 19.6. The smallest absolute Gasteiger partial charge is 0.298 e. The molecule has 1 N–H and O–H groups in total. The van der Waals surface area contributed by atoms with Crippen LogP contribution >= 0.6 is 0 Å². The summed E-state index contributed by atoms with van der Waals surface area (Å²) in [6.07, 6.45) is 3.20. The lowest BCUT2D eigenvalue weighted by atomic mass is 9.96. The van der Waals surface area contributed by atoms with E-state index in [1.807, 2.05) is 24.3 Å². The second-order valence-corrected chi connectivity index (χ2v) is 10.3. The maximum atomic E-state index is 12.7. The predicted molar refractivity (Wildman–Crippen MR) is 122 cm³/mol. The van der Waals surface area contributed by atoms with Crippen molar-refractivity contribution in [1.82, 2.24) is 9.29 Å². The summed E-state index contributed by atoms with van der Waals surface area (Å²) in [5.74, 6) is -0.152. The molecule has 0 unspecified atom stereocenters. The summed E-state index contributed by atoms with van der Waals surface area (Å²) in [6, 6.07) is 14.7. The molecule has 2 aliphatic heterocycles. The zero-order valence-electron chi connectivity index (χ0n) is 17.7. The summed E-state index contributed by atoms with van der Waals surface area (Å²) in [6.45, 7) is 2.53. The molecular formula is C23H26N4O4S. The molecule has 0 radical (unpaired) electrons. The zero-order valence-corrected chi connectivity index (χ0v) is 18.6. The van der Waals surface area contributed by atoms with E-state index in [0.717, 1.165) is 23.9 Å². The van der Waals surface area contributed by atoms with Crippen molar-refractivity contribution in [3.05, 3.63) is 48.5 Å². The average molecular weight is 455 g/mol. The van der Waals surface area contributed by atoms with E-state index in [2.05, 4.69) is 15.2 Å². The molecule has 168 valence electrons. The number of carbonyl (C=O) groups is 1. The van der Waals surface area contributed by atoms with Crippen LogP contribution in [0.25, 0.3) is 11.1 Å². The fraction of sp³-hybridized carbons (Fsp3) is 0.391. The quantitative estimate of drug-likeness (QED) is 0.634. The van der Waals surface area contributed by atoms with E-state index in [4.69, 9.17) is 4.42 Å². The number of amides is 1. The van der Waals surface area contributed by atoms with Crippen LogP contribution in [0.1, 0.15) is 25.7 Å².